The zero-order valence-corrected chi connectivity index (χ0v) is 9.62. The van der Waals surface area contributed by atoms with Crippen LogP contribution >= 0.6 is 0 Å². The molecule has 0 aromatic rings. The summed E-state index contributed by atoms with van der Waals surface area (Å²) in [6.07, 6.45) is 5.02. The highest BCUT2D eigenvalue weighted by molar-refractivity contribution is 5.82. The van der Waals surface area contributed by atoms with Gasteiger partial charge in [-0.3, -0.25) is 9.59 Å². The van der Waals surface area contributed by atoms with E-state index in [-0.39, 0.29) is 11.9 Å². The number of rotatable bonds is 5. The summed E-state index contributed by atoms with van der Waals surface area (Å²) < 4.78 is 4.65. The quantitative estimate of drug-likeness (QED) is 0.657. The van der Waals surface area contributed by atoms with Gasteiger partial charge in [0.15, 0.2) is 0 Å². The number of methoxy groups -OCH3 is 1. The lowest BCUT2D eigenvalue weighted by molar-refractivity contribution is -0.142. The first-order chi connectivity index (χ1) is 7.17. The number of ether oxygens (including phenoxy) is 1. The Labute approximate surface area is 91.2 Å². The van der Waals surface area contributed by atoms with Crippen LogP contribution in [0.15, 0.2) is 0 Å². The summed E-state index contributed by atoms with van der Waals surface area (Å²) >= 11 is 0. The molecule has 3 nitrogen and oxygen atoms in total. The van der Waals surface area contributed by atoms with Crippen LogP contribution in [0, 0.1) is 11.8 Å². The molecule has 1 saturated carbocycles. The van der Waals surface area contributed by atoms with Crippen LogP contribution in [0.1, 0.15) is 45.4 Å². The van der Waals surface area contributed by atoms with Gasteiger partial charge in [0.2, 0.25) is 0 Å². The number of carbonyl (C=O) groups excluding carboxylic acids is 2. The van der Waals surface area contributed by atoms with Crippen molar-refractivity contribution in [3.05, 3.63) is 0 Å². The van der Waals surface area contributed by atoms with Gasteiger partial charge < -0.3 is 4.74 Å². The molecule has 1 aliphatic carbocycles. The van der Waals surface area contributed by atoms with Gasteiger partial charge in [-0.25, -0.2) is 0 Å². The normalized spacial score (nSPS) is 25.6. The van der Waals surface area contributed by atoms with E-state index in [1.165, 1.54) is 7.11 Å². The molecule has 0 heterocycles. The van der Waals surface area contributed by atoms with E-state index >= 15 is 0 Å². The van der Waals surface area contributed by atoms with Crippen LogP contribution in [-0.2, 0) is 14.3 Å². The minimum absolute atomic E-state index is 0.184. The lowest BCUT2D eigenvalue weighted by Gasteiger charge is -2.16. The second kappa shape index (κ2) is 5.89. The predicted molar refractivity (Wildman–Crippen MR) is 57.4 cm³/mol. The second-order valence-electron chi connectivity index (χ2n) is 4.39. The van der Waals surface area contributed by atoms with Crippen LogP contribution in [0.2, 0.25) is 0 Å². The number of Topliss-reactive ketones (excluding diaryl/α,β-unsaturated/α-hetero) is 1. The first-order valence-electron chi connectivity index (χ1n) is 5.75. The summed E-state index contributed by atoms with van der Waals surface area (Å²) in [6.45, 7) is 2.14. The summed E-state index contributed by atoms with van der Waals surface area (Å²) in [5, 5.41) is 0. The van der Waals surface area contributed by atoms with Gasteiger partial charge in [0.25, 0.3) is 0 Å². The molecule has 0 bridgehead atoms. The van der Waals surface area contributed by atoms with E-state index in [9.17, 15) is 9.59 Å². The van der Waals surface area contributed by atoms with Crippen molar-refractivity contribution >= 4 is 11.8 Å². The number of esters is 1. The maximum absolute atomic E-state index is 11.3. The number of hydrogen-bond acceptors (Lipinski definition) is 3. The molecular weight excluding hydrogens is 192 g/mol. The largest absolute Gasteiger partial charge is 0.469 e. The van der Waals surface area contributed by atoms with Crippen molar-refractivity contribution in [1.29, 1.82) is 0 Å². The maximum atomic E-state index is 11.3. The van der Waals surface area contributed by atoms with E-state index in [1.54, 1.807) is 0 Å². The fourth-order valence-corrected chi connectivity index (χ4v) is 2.34. The van der Waals surface area contributed by atoms with Crippen molar-refractivity contribution in [2.75, 3.05) is 7.11 Å². The molecule has 86 valence electrons. The predicted octanol–water partition coefficient (Wildman–Crippen LogP) is 2.33. The van der Waals surface area contributed by atoms with E-state index in [0.29, 0.717) is 31.0 Å². The summed E-state index contributed by atoms with van der Waals surface area (Å²) in [7, 11) is 1.40. The van der Waals surface area contributed by atoms with Crippen molar-refractivity contribution < 1.29 is 14.3 Å². The van der Waals surface area contributed by atoms with Gasteiger partial charge in [0.1, 0.15) is 5.78 Å². The molecule has 0 aromatic heterocycles. The van der Waals surface area contributed by atoms with Crippen LogP contribution in [0.4, 0.5) is 0 Å². The van der Waals surface area contributed by atoms with E-state index in [4.69, 9.17) is 0 Å². The lowest BCUT2D eigenvalue weighted by Crippen LogP contribution is -2.14. The highest BCUT2D eigenvalue weighted by Crippen LogP contribution is 2.35. The molecule has 0 unspecified atom stereocenters. The molecule has 1 rings (SSSR count). The van der Waals surface area contributed by atoms with E-state index in [1.807, 2.05) is 0 Å². The smallest absolute Gasteiger partial charge is 0.305 e. The molecule has 0 saturated heterocycles. The minimum atomic E-state index is -0.184. The summed E-state index contributed by atoms with van der Waals surface area (Å²) in [5.41, 5.74) is 0. The summed E-state index contributed by atoms with van der Waals surface area (Å²) in [5.74, 6) is 0.772. The third-order valence-corrected chi connectivity index (χ3v) is 3.23. The summed E-state index contributed by atoms with van der Waals surface area (Å²) in [6, 6.07) is 0. The average Bonchev–Trinajstić information content (AvgIpc) is 2.55. The van der Waals surface area contributed by atoms with Gasteiger partial charge in [-0.05, 0) is 18.3 Å². The van der Waals surface area contributed by atoms with Crippen molar-refractivity contribution in [2.24, 2.45) is 11.8 Å². The molecule has 0 aromatic carbocycles. The monoisotopic (exact) mass is 212 g/mol. The maximum Gasteiger partial charge on any atom is 0.305 e. The highest BCUT2D eigenvalue weighted by Gasteiger charge is 2.33. The lowest BCUT2D eigenvalue weighted by atomic mass is 9.89. The Bertz CT molecular complexity index is 235. The molecule has 1 aliphatic rings. The molecule has 0 spiro atoms. The van der Waals surface area contributed by atoms with Crippen molar-refractivity contribution in [3.63, 3.8) is 0 Å². The van der Waals surface area contributed by atoms with Crippen molar-refractivity contribution in [1.82, 2.24) is 0 Å². The Hall–Kier alpha value is -0.860. The molecule has 15 heavy (non-hydrogen) atoms. The van der Waals surface area contributed by atoms with Gasteiger partial charge in [-0.15, -0.1) is 0 Å². The Balaban J connectivity index is 2.45. The topological polar surface area (TPSA) is 43.4 Å². The number of ketones is 1. The van der Waals surface area contributed by atoms with Gasteiger partial charge in [-0.2, -0.15) is 0 Å². The van der Waals surface area contributed by atoms with E-state index in [2.05, 4.69) is 11.7 Å². The van der Waals surface area contributed by atoms with Crippen LogP contribution in [-0.4, -0.2) is 18.9 Å². The molecule has 0 aliphatic heterocycles. The molecule has 0 radical (unpaired) electrons. The van der Waals surface area contributed by atoms with Gasteiger partial charge in [0.05, 0.1) is 7.11 Å². The SMILES string of the molecule is CCCC[C@@H]1CC(=O)C[C@@H]1CC(=O)OC. The number of carbonyl (C=O) groups is 2. The molecule has 2 atom stereocenters. The summed E-state index contributed by atoms with van der Waals surface area (Å²) in [4.78, 5) is 22.5. The van der Waals surface area contributed by atoms with Gasteiger partial charge >= 0.3 is 5.97 Å². The van der Waals surface area contributed by atoms with Gasteiger partial charge in [-0.1, -0.05) is 19.8 Å². The number of unbranched alkanes of at least 4 members (excludes halogenated alkanes) is 1. The first kappa shape index (κ1) is 12.2. The first-order valence-corrected chi connectivity index (χ1v) is 5.75. The fourth-order valence-electron chi connectivity index (χ4n) is 2.34. The van der Waals surface area contributed by atoms with Crippen LogP contribution in [0.5, 0.6) is 0 Å². The third kappa shape index (κ3) is 3.65. The molecule has 3 heteroatoms. The standard InChI is InChI=1S/C12H20O3/c1-3-4-5-9-6-11(13)7-10(9)8-12(14)15-2/h9-10H,3-8H2,1-2H3/t9-,10-/m1/s1. The van der Waals surface area contributed by atoms with Crippen LogP contribution < -0.4 is 0 Å². The third-order valence-electron chi connectivity index (χ3n) is 3.23. The minimum Gasteiger partial charge on any atom is -0.469 e. The Morgan fingerprint density at radius 2 is 2.07 bits per heavy atom. The Morgan fingerprint density at radius 1 is 1.40 bits per heavy atom. The Morgan fingerprint density at radius 3 is 2.67 bits per heavy atom. The van der Waals surface area contributed by atoms with Crippen molar-refractivity contribution in [2.45, 2.75) is 45.4 Å². The molecule has 0 N–H and O–H groups in total. The molecule has 1 fully saturated rings. The van der Waals surface area contributed by atoms with E-state index < -0.39 is 0 Å². The highest BCUT2D eigenvalue weighted by atomic mass is 16.5. The van der Waals surface area contributed by atoms with E-state index in [0.717, 1.165) is 19.3 Å². The molecule has 0 amide bonds. The van der Waals surface area contributed by atoms with Crippen LogP contribution in [0.3, 0.4) is 0 Å². The second-order valence-corrected chi connectivity index (χ2v) is 4.39. The average molecular weight is 212 g/mol. The number of hydrogen-bond donors (Lipinski definition) is 0. The zero-order valence-electron chi connectivity index (χ0n) is 9.62. The zero-order chi connectivity index (χ0) is 11.3. The Kier molecular flexibility index (Phi) is 4.79. The molecular formula is C12H20O3. The fraction of sp³-hybridized carbons (Fsp3) is 0.833. The van der Waals surface area contributed by atoms with Crippen LogP contribution in [0.25, 0.3) is 0 Å². The van der Waals surface area contributed by atoms with Gasteiger partial charge in [0, 0.05) is 19.3 Å². The van der Waals surface area contributed by atoms with Crippen molar-refractivity contribution in [3.8, 4) is 0 Å².